The number of hydrogen-bond donors (Lipinski definition) is 0. The summed E-state index contributed by atoms with van der Waals surface area (Å²) in [6.45, 7) is 8.48. The van der Waals surface area contributed by atoms with Gasteiger partial charge in [-0.3, -0.25) is 15.1 Å². The van der Waals surface area contributed by atoms with Crippen molar-refractivity contribution in [3.05, 3.63) is 45.4 Å². The molecule has 0 amide bonds. The fraction of sp³-hybridized carbons (Fsp3) is 0.632. The average Bonchev–Trinajstić information content (AvgIpc) is 2.97. The van der Waals surface area contributed by atoms with Gasteiger partial charge in [-0.2, -0.15) is 0 Å². The zero-order chi connectivity index (χ0) is 18.2. The van der Waals surface area contributed by atoms with Gasteiger partial charge in [0.1, 0.15) is 5.76 Å². The minimum absolute atomic E-state index is 0.0528. The fourth-order valence-corrected chi connectivity index (χ4v) is 3.96. The molecule has 136 valence electrons. The highest BCUT2D eigenvalue weighted by Crippen LogP contribution is 2.53. The van der Waals surface area contributed by atoms with E-state index in [1.54, 1.807) is 18.4 Å². The first-order valence-electron chi connectivity index (χ1n) is 8.85. The Balaban J connectivity index is 1.88. The zero-order valence-electron chi connectivity index (χ0n) is 15.3. The van der Waals surface area contributed by atoms with Crippen molar-refractivity contribution < 1.29 is 14.4 Å². The second-order valence-corrected chi connectivity index (χ2v) is 7.92. The highest BCUT2D eigenvalue weighted by Gasteiger charge is 2.59. The van der Waals surface area contributed by atoms with Crippen LogP contribution >= 0.6 is 0 Å². The molecule has 0 aromatic rings. The van der Waals surface area contributed by atoms with Crippen LogP contribution in [0.25, 0.3) is 0 Å². The summed E-state index contributed by atoms with van der Waals surface area (Å²) in [5.74, 6) is 0.532. The van der Waals surface area contributed by atoms with Crippen LogP contribution in [-0.4, -0.2) is 35.0 Å². The molecule has 0 aromatic heterocycles. The first-order chi connectivity index (χ1) is 11.7. The summed E-state index contributed by atoms with van der Waals surface area (Å²) in [5, 5.41) is 11.6. The molecule has 0 unspecified atom stereocenters. The normalized spacial score (nSPS) is 41.0. The van der Waals surface area contributed by atoms with Gasteiger partial charge in [0.2, 0.25) is 0 Å². The number of allylic oxidation sites excluding steroid dienone is 5. The van der Waals surface area contributed by atoms with Gasteiger partial charge < -0.3 is 9.47 Å². The smallest absolute Gasteiger partial charge is 0.258 e. The molecule has 0 N–H and O–H groups in total. The molecule has 0 spiro atoms. The number of fused-ring (bicyclic) bond motifs is 1. The third kappa shape index (κ3) is 3.68. The summed E-state index contributed by atoms with van der Waals surface area (Å²) in [5.41, 5.74) is 0.501. The Morgan fingerprint density at radius 1 is 1.44 bits per heavy atom. The molecule has 2 aliphatic heterocycles. The van der Waals surface area contributed by atoms with Crippen molar-refractivity contribution in [2.45, 2.75) is 64.2 Å². The second kappa shape index (κ2) is 6.41. The highest BCUT2D eigenvalue weighted by molar-refractivity contribution is 5.83. The summed E-state index contributed by atoms with van der Waals surface area (Å²) in [6.07, 6.45) is 9.52. The van der Waals surface area contributed by atoms with Gasteiger partial charge in [0.05, 0.1) is 40.3 Å². The summed E-state index contributed by atoms with van der Waals surface area (Å²) >= 11 is 0. The van der Waals surface area contributed by atoms with Crippen LogP contribution in [0.4, 0.5) is 0 Å². The average molecular weight is 346 g/mol. The zero-order valence-corrected chi connectivity index (χ0v) is 15.3. The molecule has 6 nitrogen and oxygen atoms in total. The third-order valence-corrected chi connectivity index (χ3v) is 5.00. The summed E-state index contributed by atoms with van der Waals surface area (Å²) in [4.78, 5) is 16.0. The molecular formula is C19H26N2O4. The van der Waals surface area contributed by atoms with E-state index in [9.17, 15) is 10.1 Å². The Morgan fingerprint density at radius 2 is 2.16 bits per heavy atom. The molecule has 4 rings (SSSR count). The van der Waals surface area contributed by atoms with Gasteiger partial charge in [0, 0.05) is 19.1 Å². The monoisotopic (exact) mass is 346 g/mol. The Labute approximate surface area is 148 Å². The first-order valence-corrected chi connectivity index (χ1v) is 8.85. The maximum Gasteiger partial charge on any atom is 0.258 e. The van der Waals surface area contributed by atoms with Crippen molar-refractivity contribution in [1.82, 2.24) is 0 Å². The largest absolute Gasteiger partial charge is 0.491 e. The molecule has 4 aliphatic rings. The van der Waals surface area contributed by atoms with Crippen LogP contribution in [0, 0.1) is 16.0 Å². The lowest BCUT2D eigenvalue weighted by Gasteiger charge is -2.39. The Morgan fingerprint density at radius 3 is 2.72 bits per heavy atom. The minimum atomic E-state index is -0.286. The van der Waals surface area contributed by atoms with Crippen molar-refractivity contribution in [2.75, 3.05) is 6.61 Å². The quantitative estimate of drug-likeness (QED) is 0.431. The summed E-state index contributed by atoms with van der Waals surface area (Å²) in [6, 6.07) is 0. The van der Waals surface area contributed by atoms with E-state index in [0.29, 0.717) is 18.6 Å². The molecular weight excluding hydrogens is 320 g/mol. The minimum Gasteiger partial charge on any atom is -0.491 e. The molecule has 2 saturated heterocycles. The lowest BCUT2D eigenvalue weighted by atomic mass is 9.70. The molecule has 3 fully saturated rings. The predicted molar refractivity (Wildman–Crippen MR) is 96.1 cm³/mol. The SMILES string of the molecule is CC(C)OC1=C\C[C@@H](C)\C([N+](=O)[O-])=C(C=NC23COC(C)(C2)C3)/C=C\1. The van der Waals surface area contributed by atoms with Crippen LogP contribution in [0.15, 0.2) is 40.2 Å². The number of aliphatic imine (C=N–C) groups is 1. The maximum atomic E-state index is 11.6. The topological polar surface area (TPSA) is 74.0 Å². The molecule has 2 aliphatic carbocycles. The van der Waals surface area contributed by atoms with E-state index in [0.717, 1.165) is 18.6 Å². The number of rotatable bonds is 5. The van der Waals surface area contributed by atoms with Crippen molar-refractivity contribution >= 4 is 6.21 Å². The van der Waals surface area contributed by atoms with Crippen LogP contribution in [0.2, 0.25) is 0 Å². The van der Waals surface area contributed by atoms with E-state index in [2.05, 4.69) is 6.92 Å². The van der Waals surface area contributed by atoms with Gasteiger partial charge >= 0.3 is 0 Å². The number of ether oxygens (including phenoxy) is 2. The van der Waals surface area contributed by atoms with E-state index in [-0.39, 0.29) is 33.8 Å². The molecule has 6 heteroatoms. The van der Waals surface area contributed by atoms with Crippen molar-refractivity contribution in [3.8, 4) is 0 Å². The molecule has 25 heavy (non-hydrogen) atoms. The Hall–Kier alpha value is -1.95. The van der Waals surface area contributed by atoms with Crippen molar-refractivity contribution in [1.29, 1.82) is 0 Å². The molecule has 0 radical (unpaired) electrons. The van der Waals surface area contributed by atoms with Crippen LogP contribution in [0.3, 0.4) is 0 Å². The van der Waals surface area contributed by atoms with Gasteiger partial charge in [-0.1, -0.05) is 6.92 Å². The molecule has 1 saturated carbocycles. The lowest BCUT2D eigenvalue weighted by molar-refractivity contribution is -0.433. The lowest BCUT2D eigenvalue weighted by Crippen LogP contribution is -2.45. The molecule has 2 bridgehead atoms. The third-order valence-electron chi connectivity index (χ3n) is 5.00. The van der Waals surface area contributed by atoms with E-state index in [1.807, 2.05) is 26.8 Å². The summed E-state index contributed by atoms with van der Waals surface area (Å²) in [7, 11) is 0. The number of hydrogen-bond acceptors (Lipinski definition) is 5. The molecule has 1 atom stereocenters. The highest BCUT2D eigenvalue weighted by atomic mass is 16.6. The van der Waals surface area contributed by atoms with Gasteiger partial charge in [0.15, 0.2) is 0 Å². The van der Waals surface area contributed by atoms with Crippen LogP contribution in [-0.2, 0) is 9.47 Å². The van der Waals surface area contributed by atoms with Gasteiger partial charge in [-0.15, -0.1) is 0 Å². The van der Waals surface area contributed by atoms with Gasteiger partial charge in [-0.25, -0.2) is 0 Å². The first kappa shape index (κ1) is 17.9. The van der Waals surface area contributed by atoms with Crippen molar-refractivity contribution in [3.63, 3.8) is 0 Å². The van der Waals surface area contributed by atoms with E-state index in [1.165, 1.54) is 0 Å². The standard InChI is InChI=1S/C19H26N2O4/c1-13(2)25-16-7-5-14(3)17(21(22)23)15(6-8-16)9-20-19-10-18(4,11-19)24-12-19/h6-9,13-14H,5,10-12H2,1-4H3/b8-6-,16-7-,17-15-,20-9?/t14-,18?,19?/m1/s1. The van der Waals surface area contributed by atoms with E-state index >= 15 is 0 Å². The number of nitro groups is 1. The van der Waals surface area contributed by atoms with E-state index in [4.69, 9.17) is 14.5 Å². The Bertz CT molecular complexity index is 682. The van der Waals surface area contributed by atoms with E-state index < -0.39 is 0 Å². The second-order valence-electron chi connectivity index (χ2n) is 7.92. The van der Waals surface area contributed by atoms with Gasteiger partial charge in [-0.05, 0) is 45.4 Å². The van der Waals surface area contributed by atoms with Crippen molar-refractivity contribution in [2.24, 2.45) is 10.9 Å². The molecule has 2 heterocycles. The van der Waals surface area contributed by atoms with Gasteiger partial charge in [0.25, 0.3) is 5.70 Å². The predicted octanol–water partition coefficient (Wildman–Crippen LogP) is 3.81. The fourth-order valence-electron chi connectivity index (χ4n) is 3.96. The maximum absolute atomic E-state index is 11.6. The van der Waals surface area contributed by atoms with Crippen LogP contribution in [0.5, 0.6) is 0 Å². The van der Waals surface area contributed by atoms with Crippen LogP contribution < -0.4 is 0 Å². The Kier molecular flexibility index (Phi) is 4.58. The number of nitrogens with zero attached hydrogens (tertiary/aromatic N) is 2. The van der Waals surface area contributed by atoms with Crippen LogP contribution in [0.1, 0.15) is 47.0 Å². The summed E-state index contributed by atoms with van der Waals surface area (Å²) < 4.78 is 11.5. The molecule has 0 aromatic carbocycles.